The maximum atomic E-state index is 12.3. The van der Waals surface area contributed by atoms with Crippen LogP contribution in [0.25, 0.3) is 0 Å². The number of hydrogen-bond donors (Lipinski definition) is 1. The van der Waals surface area contributed by atoms with Gasteiger partial charge in [0, 0.05) is 17.7 Å². The van der Waals surface area contributed by atoms with Gasteiger partial charge in [-0.2, -0.15) is 0 Å². The van der Waals surface area contributed by atoms with Gasteiger partial charge in [0.15, 0.2) is 0 Å². The molecule has 0 radical (unpaired) electrons. The monoisotopic (exact) mass is 285 g/mol. The van der Waals surface area contributed by atoms with Crippen LogP contribution in [0.2, 0.25) is 0 Å². The highest BCUT2D eigenvalue weighted by atomic mass is 16.4. The zero-order valence-corrected chi connectivity index (χ0v) is 11.4. The van der Waals surface area contributed by atoms with E-state index in [-0.39, 0.29) is 18.2 Å². The smallest absolute Gasteiger partial charge is 0.372 e. The molecule has 5 nitrogen and oxygen atoms in total. The second-order valence-corrected chi connectivity index (χ2v) is 5.04. The molecule has 2 heterocycles. The number of anilines is 1. The average Bonchev–Trinajstić information content (AvgIpc) is 2.87. The fraction of sp³-hybridized carbons (Fsp3) is 0.250. The topological polar surface area (TPSA) is 70.8 Å². The molecular formula is C16H15NO4. The molecule has 1 aliphatic heterocycles. The predicted octanol–water partition coefficient (Wildman–Crippen LogP) is 2.85. The molecule has 0 aliphatic carbocycles. The van der Waals surface area contributed by atoms with Gasteiger partial charge in [0.2, 0.25) is 11.7 Å². The number of furan rings is 1. The Bertz CT molecular complexity index is 689. The molecule has 0 spiro atoms. The van der Waals surface area contributed by atoms with Crippen LogP contribution < -0.4 is 4.90 Å². The quantitative estimate of drug-likeness (QED) is 0.941. The van der Waals surface area contributed by atoms with Crippen molar-refractivity contribution in [2.75, 3.05) is 4.90 Å². The van der Waals surface area contributed by atoms with E-state index in [1.54, 1.807) is 11.0 Å². The van der Waals surface area contributed by atoms with Crippen LogP contribution in [0.1, 0.15) is 34.5 Å². The van der Waals surface area contributed by atoms with Gasteiger partial charge in [-0.15, -0.1) is 0 Å². The van der Waals surface area contributed by atoms with Crippen LogP contribution in [0.15, 0.2) is 41.0 Å². The largest absolute Gasteiger partial charge is 0.475 e. The molecule has 0 bridgehead atoms. The Morgan fingerprint density at radius 1 is 1.24 bits per heavy atom. The number of fused-ring (bicyclic) bond motifs is 1. The molecule has 1 aliphatic rings. The van der Waals surface area contributed by atoms with E-state index in [0.717, 1.165) is 24.1 Å². The molecule has 108 valence electrons. The summed E-state index contributed by atoms with van der Waals surface area (Å²) in [6, 6.07) is 9.35. The Morgan fingerprint density at radius 2 is 2.05 bits per heavy atom. The lowest BCUT2D eigenvalue weighted by Crippen LogP contribution is -2.30. The normalized spacial score (nSPS) is 14.7. The fourth-order valence-corrected chi connectivity index (χ4v) is 2.68. The van der Waals surface area contributed by atoms with E-state index in [1.807, 2.05) is 24.3 Å². The first kappa shape index (κ1) is 13.4. The molecule has 1 aromatic carbocycles. The molecule has 0 fully saturated rings. The summed E-state index contributed by atoms with van der Waals surface area (Å²) in [7, 11) is 0. The summed E-state index contributed by atoms with van der Waals surface area (Å²) in [5.41, 5.74) is 2.48. The highest BCUT2D eigenvalue weighted by Crippen LogP contribution is 2.29. The Labute approximate surface area is 121 Å². The number of carbonyl (C=O) groups excluding carboxylic acids is 1. The molecule has 1 amide bonds. The third kappa shape index (κ3) is 2.54. The first-order chi connectivity index (χ1) is 10.2. The number of carboxylic acids is 1. The first-order valence-corrected chi connectivity index (χ1v) is 6.85. The molecule has 0 saturated carbocycles. The van der Waals surface area contributed by atoms with E-state index in [4.69, 9.17) is 9.52 Å². The van der Waals surface area contributed by atoms with Gasteiger partial charge in [0.25, 0.3) is 0 Å². The Balaban J connectivity index is 1.98. The van der Waals surface area contributed by atoms with Crippen LogP contribution in [0.4, 0.5) is 5.69 Å². The van der Waals surface area contributed by atoms with Crippen LogP contribution in [-0.2, 0) is 17.8 Å². The number of benzene rings is 1. The SMILES string of the molecule is O=C(O)c1occc1CN1C(=O)CCCc2ccccc21. The maximum absolute atomic E-state index is 12.3. The van der Waals surface area contributed by atoms with Crippen LogP contribution in [0.3, 0.4) is 0 Å². The summed E-state index contributed by atoms with van der Waals surface area (Å²) in [4.78, 5) is 25.1. The van der Waals surface area contributed by atoms with Crippen molar-refractivity contribution in [1.29, 1.82) is 0 Å². The van der Waals surface area contributed by atoms with E-state index in [2.05, 4.69) is 0 Å². The number of hydrogen-bond acceptors (Lipinski definition) is 3. The highest BCUT2D eigenvalue weighted by Gasteiger charge is 2.24. The molecule has 2 aromatic rings. The van der Waals surface area contributed by atoms with Crippen molar-refractivity contribution in [3.8, 4) is 0 Å². The minimum Gasteiger partial charge on any atom is -0.475 e. The van der Waals surface area contributed by atoms with Crippen molar-refractivity contribution in [3.63, 3.8) is 0 Å². The van der Waals surface area contributed by atoms with Crippen LogP contribution in [0.5, 0.6) is 0 Å². The van der Waals surface area contributed by atoms with E-state index >= 15 is 0 Å². The lowest BCUT2D eigenvalue weighted by Gasteiger charge is -2.22. The van der Waals surface area contributed by atoms with Crippen molar-refractivity contribution >= 4 is 17.6 Å². The molecule has 0 atom stereocenters. The molecule has 0 saturated heterocycles. The number of rotatable bonds is 3. The van der Waals surface area contributed by atoms with E-state index in [0.29, 0.717) is 12.0 Å². The van der Waals surface area contributed by atoms with Crippen molar-refractivity contribution in [2.24, 2.45) is 0 Å². The van der Waals surface area contributed by atoms with Gasteiger partial charge in [-0.1, -0.05) is 18.2 Å². The van der Waals surface area contributed by atoms with Crippen molar-refractivity contribution < 1.29 is 19.1 Å². The number of carbonyl (C=O) groups is 2. The third-order valence-corrected chi connectivity index (χ3v) is 3.69. The molecule has 0 unspecified atom stereocenters. The van der Waals surface area contributed by atoms with Crippen molar-refractivity contribution in [3.05, 3.63) is 53.5 Å². The highest BCUT2D eigenvalue weighted by molar-refractivity contribution is 5.95. The molecule has 21 heavy (non-hydrogen) atoms. The summed E-state index contributed by atoms with van der Waals surface area (Å²) in [6.07, 6.45) is 3.47. The molecule has 3 rings (SSSR count). The van der Waals surface area contributed by atoms with Gasteiger partial charge in [-0.05, 0) is 30.5 Å². The fourth-order valence-electron chi connectivity index (χ4n) is 2.68. The second-order valence-electron chi connectivity index (χ2n) is 5.04. The molecule has 5 heteroatoms. The Kier molecular flexibility index (Phi) is 3.48. The molecular weight excluding hydrogens is 270 g/mol. The zero-order valence-electron chi connectivity index (χ0n) is 11.4. The lowest BCUT2D eigenvalue weighted by molar-refractivity contribution is -0.118. The summed E-state index contributed by atoms with van der Waals surface area (Å²) in [5, 5.41) is 9.10. The number of amides is 1. The van der Waals surface area contributed by atoms with E-state index in [1.165, 1.54) is 6.26 Å². The summed E-state index contributed by atoms with van der Waals surface area (Å²) >= 11 is 0. The van der Waals surface area contributed by atoms with Gasteiger partial charge in [0.1, 0.15) is 0 Å². The molecule has 1 N–H and O–H groups in total. The maximum Gasteiger partial charge on any atom is 0.372 e. The number of aromatic carboxylic acids is 1. The number of carboxylic acid groups (broad SMARTS) is 1. The van der Waals surface area contributed by atoms with Gasteiger partial charge >= 0.3 is 5.97 Å². The van der Waals surface area contributed by atoms with Gasteiger partial charge in [-0.25, -0.2) is 4.79 Å². The minimum absolute atomic E-state index is 0.0116. The van der Waals surface area contributed by atoms with Crippen LogP contribution >= 0.6 is 0 Å². The van der Waals surface area contributed by atoms with Gasteiger partial charge < -0.3 is 14.4 Å². The van der Waals surface area contributed by atoms with Gasteiger partial charge in [-0.3, -0.25) is 4.79 Å². The van der Waals surface area contributed by atoms with E-state index < -0.39 is 5.97 Å². The Hall–Kier alpha value is -2.56. The van der Waals surface area contributed by atoms with Crippen LogP contribution in [0, 0.1) is 0 Å². The van der Waals surface area contributed by atoms with Gasteiger partial charge in [0.05, 0.1) is 12.8 Å². The van der Waals surface area contributed by atoms with Crippen LogP contribution in [-0.4, -0.2) is 17.0 Å². The number of aryl methyl sites for hydroxylation is 1. The molecule has 1 aromatic heterocycles. The predicted molar refractivity (Wildman–Crippen MR) is 76.2 cm³/mol. The summed E-state index contributed by atoms with van der Waals surface area (Å²) in [6.45, 7) is 0.216. The van der Waals surface area contributed by atoms with E-state index in [9.17, 15) is 9.59 Å². The minimum atomic E-state index is -1.12. The zero-order chi connectivity index (χ0) is 14.8. The second kappa shape index (κ2) is 5.44. The number of para-hydroxylation sites is 1. The summed E-state index contributed by atoms with van der Waals surface area (Å²) in [5.74, 6) is -1.22. The first-order valence-electron chi connectivity index (χ1n) is 6.85. The Morgan fingerprint density at radius 3 is 2.86 bits per heavy atom. The van der Waals surface area contributed by atoms with Crippen molar-refractivity contribution in [1.82, 2.24) is 0 Å². The average molecular weight is 285 g/mol. The van der Waals surface area contributed by atoms with Crippen molar-refractivity contribution in [2.45, 2.75) is 25.8 Å². The standard InChI is InChI=1S/C16H15NO4/c18-14-7-3-5-11-4-1-2-6-13(11)17(14)10-12-8-9-21-15(12)16(19)20/h1-2,4,6,8-9H,3,5,7,10H2,(H,19,20). The third-order valence-electron chi connectivity index (χ3n) is 3.69. The lowest BCUT2D eigenvalue weighted by atomic mass is 10.1. The summed E-state index contributed by atoms with van der Waals surface area (Å²) < 4.78 is 4.98. The number of nitrogens with zero attached hydrogens (tertiary/aromatic N) is 1.